The van der Waals surface area contributed by atoms with E-state index in [1.165, 1.54) is 23.5 Å². The third kappa shape index (κ3) is 6.75. The second-order valence-electron chi connectivity index (χ2n) is 13.2. The minimum absolute atomic E-state index is 0.0455. The Kier molecular flexibility index (Phi) is 7.97. The zero-order chi connectivity index (χ0) is 26.4. The van der Waals surface area contributed by atoms with Gasteiger partial charge in [-0.3, -0.25) is 4.79 Å². The molecule has 0 unspecified atom stereocenters. The molecule has 5 heteroatoms. The second kappa shape index (κ2) is 9.46. The van der Waals surface area contributed by atoms with Crippen molar-refractivity contribution in [2.75, 3.05) is 0 Å². The maximum atomic E-state index is 13.2. The first kappa shape index (κ1) is 28.6. The monoisotopic (exact) mass is 502 g/mol. The lowest BCUT2D eigenvalue weighted by molar-refractivity contribution is 0.276. The number of rotatable bonds is 2. The van der Waals surface area contributed by atoms with Gasteiger partial charge in [-0.15, -0.1) is 0 Å². The van der Waals surface area contributed by atoms with Crippen LogP contribution in [0.5, 0.6) is 11.5 Å². The molecule has 0 heterocycles. The summed E-state index contributed by atoms with van der Waals surface area (Å²) in [5.41, 5.74) is 2.36. The van der Waals surface area contributed by atoms with Crippen LogP contribution in [0, 0.1) is 0 Å². The molecule has 2 aromatic rings. The predicted molar refractivity (Wildman–Crippen MR) is 148 cm³/mol. The average molecular weight is 503 g/mol. The fourth-order valence-electron chi connectivity index (χ4n) is 3.83. The van der Waals surface area contributed by atoms with Gasteiger partial charge in [0.15, 0.2) is 0 Å². The summed E-state index contributed by atoms with van der Waals surface area (Å²) in [5, 5.41) is 21.9. The number of carbonyl (C=O) groups is 1. The Morgan fingerprint density at radius 2 is 0.735 bits per heavy atom. The Labute approximate surface area is 215 Å². The third-order valence-corrected chi connectivity index (χ3v) is 7.58. The van der Waals surface area contributed by atoms with E-state index >= 15 is 0 Å². The maximum Gasteiger partial charge on any atom is 0.255 e. The molecule has 0 aliphatic carbocycles. The summed E-state index contributed by atoms with van der Waals surface area (Å²) in [6.45, 7) is 24.8. The Hall–Kier alpha value is -1.59. The summed E-state index contributed by atoms with van der Waals surface area (Å²) in [7, 11) is 0. The lowest BCUT2D eigenvalue weighted by Crippen LogP contribution is -2.17. The predicted octanol–water partition coefficient (Wildman–Crippen LogP) is 9.29. The van der Waals surface area contributed by atoms with E-state index in [0.29, 0.717) is 11.5 Å². The summed E-state index contributed by atoms with van der Waals surface area (Å²) in [4.78, 5) is 14.9. The lowest BCUT2D eigenvalue weighted by atomic mass is 9.79. The molecule has 0 saturated heterocycles. The molecule has 2 rings (SSSR count). The van der Waals surface area contributed by atoms with Crippen molar-refractivity contribution in [2.24, 2.45) is 0 Å². The molecule has 0 aromatic heterocycles. The van der Waals surface area contributed by atoms with Crippen LogP contribution in [0.15, 0.2) is 34.1 Å². The SMILES string of the molecule is CC(C)(C)c1cc(SC(=O)Sc2cc(C(C)(C)C)c(O)c(C(C)(C)C)c2)cc(C(C)(C)C)c1O. The highest BCUT2D eigenvalue weighted by atomic mass is 32.2. The molecular formula is C29H42O3S2. The van der Waals surface area contributed by atoms with Gasteiger partial charge in [0.2, 0.25) is 0 Å². The van der Waals surface area contributed by atoms with Crippen LogP contribution in [0.1, 0.15) is 105 Å². The lowest BCUT2D eigenvalue weighted by Gasteiger charge is -2.28. The van der Waals surface area contributed by atoms with Gasteiger partial charge in [0.25, 0.3) is 4.45 Å². The van der Waals surface area contributed by atoms with Crippen molar-refractivity contribution in [1.29, 1.82) is 0 Å². The van der Waals surface area contributed by atoms with Crippen LogP contribution in [-0.2, 0) is 21.7 Å². The molecule has 2 N–H and O–H groups in total. The summed E-state index contributed by atoms with van der Waals surface area (Å²) in [5.74, 6) is 0.625. The van der Waals surface area contributed by atoms with E-state index < -0.39 is 0 Å². The molecule has 188 valence electrons. The van der Waals surface area contributed by atoms with Crippen LogP contribution in [0.2, 0.25) is 0 Å². The van der Waals surface area contributed by atoms with Gasteiger partial charge in [0.05, 0.1) is 0 Å². The molecule has 0 saturated carbocycles. The molecule has 0 amide bonds. The van der Waals surface area contributed by atoms with E-state index in [1.807, 2.05) is 24.3 Å². The molecule has 34 heavy (non-hydrogen) atoms. The van der Waals surface area contributed by atoms with Gasteiger partial charge in [0.1, 0.15) is 11.5 Å². The number of phenols is 2. The number of hydrogen-bond donors (Lipinski definition) is 2. The molecule has 2 aromatic carbocycles. The van der Waals surface area contributed by atoms with E-state index in [9.17, 15) is 15.0 Å². The van der Waals surface area contributed by atoms with Gasteiger partial charge < -0.3 is 10.2 Å². The first-order chi connectivity index (χ1) is 15.1. The van der Waals surface area contributed by atoms with Crippen molar-refractivity contribution in [3.05, 3.63) is 46.5 Å². The highest BCUT2D eigenvalue weighted by Gasteiger charge is 2.29. The maximum absolute atomic E-state index is 13.2. The van der Waals surface area contributed by atoms with Crippen molar-refractivity contribution in [3.8, 4) is 11.5 Å². The van der Waals surface area contributed by atoms with Crippen LogP contribution >= 0.6 is 23.5 Å². The van der Waals surface area contributed by atoms with Gasteiger partial charge in [-0.2, -0.15) is 0 Å². The van der Waals surface area contributed by atoms with E-state index in [0.717, 1.165) is 32.0 Å². The number of carbonyl (C=O) groups excluding carboxylic acids is 1. The normalized spacial score (nSPS) is 13.3. The summed E-state index contributed by atoms with van der Waals surface area (Å²) >= 11 is 2.38. The van der Waals surface area contributed by atoms with Gasteiger partial charge in [-0.05, 0) is 69.4 Å². The van der Waals surface area contributed by atoms with Crippen molar-refractivity contribution in [1.82, 2.24) is 0 Å². The number of phenolic OH excluding ortho intramolecular Hbond substituents is 2. The molecule has 3 nitrogen and oxygen atoms in total. The van der Waals surface area contributed by atoms with Crippen LogP contribution < -0.4 is 0 Å². The van der Waals surface area contributed by atoms with Crippen molar-refractivity contribution >= 4 is 28.0 Å². The van der Waals surface area contributed by atoms with Crippen molar-refractivity contribution in [2.45, 2.75) is 115 Å². The molecule has 0 atom stereocenters. The molecule has 0 spiro atoms. The van der Waals surface area contributed by atoms with Crippen molar-refractivity contribution in [3.63, 3.8) is 0 Å². The minimum atomic E-state index is -0.253. The van der Waals surface area contributed by atoms with Gasteiger partial charge in [-0.1, -0.05) is 83.1 Å². The zero-order valence-electron chi connectivity index (χ0n) is 22.9. The Morgan fingerprint density at radius 3 is 0.912 bits per heavy atom. The fraction of sp³-hybridized carbons (Fsp3) is 0.552. The largest absolute Gasteiger partial charge is 0.507 e. The molecule has 0 radical (unpaired) electrons. The quantitative estimate of drug-likeness (QED) is 0.401. The highest BCUT2D eigenvalue weighted by molar-refractivity contribution is 8.38. The van der Waals surface area contributed by atoms with Gasteiger partial charge in [-0.25, -0.2) is 0 Å². The third-order valence-electron chi connectivity index (χ3n) is 5.80. The van der Waals surface area contributed by atoms with Crippen LogP contribution in [-0.4, -0.2) is 14.7 Å². The zero-order valence-corrected chi connectivity index (χ0v) is 24.6. The summed E-state index contributed by atoms with van der Waals surface area (Å²) < 4.78 is -0.0455. The van der Waals surface area contributed by atoms with Gasteiger partial charge in [0, 0.05) is 32.0 Å². The smallest absolute Gasteiger partial charge is 0.255 e. The molecule has 0 aliphatic rings. The first-order valence-corrected chi connectivity index (χ1v) is 13.4. The topological polar surface area (TPSA) is 57.5 Å². The summed E-state index contributed by atoms with van der Waals surface area (Å²) in [6.07, 6.45) is 0. The molecule has 0 bridgehead atoms. The standard InChI is InChI=1S/C29H42O3S2/c1-26(2,3)19-13-17(14-20(23(19)30)27(4,5)6)33-25(32)34-18-15-21(28(7,8)9)24(31)22(16-18)29(10,11)12/h13-16,30-31H,1-12H3. The number of thioether (sulfide) groups is 2. The Balaban J connectivity index is 2.49. The van der Waals surface area contributed by atoms with E-state index in [4.69, 9.17) is 0 Å². The Morgan fingerprint density at radius 1 is 0.529 bits per heavy atom. The first-order valence-electron chi connectivity index (χ1n) is 11.8. The summed E-state index contributed by atoms with van der Waals surface area (Å²) in [6, 6.07) is 7.74. The number of aromatic hydroxyl groups is 2. The van der Waals surface area contributed by atoms with E-state index in [2.05, 4.69) is 83.1 Å². The van der Waals surface area contributed by atoms with Crippen LogP contribution in [0.3, 0.4) is 0 Å². The minimum Gasteiger partial charge on any atom is -0.507 e. The number of benzene rings is 2. The van der Waals surface area contributed by atoms with E-state index in [-0.39, 0.29) is 26.1 Å². The van der Waals surface area contributed by atoms with E-state index in [1.54, 1.807) is 0 Å². The second-order valence-corrected chi connectivity index (χ2v) is 15.5. The van der Waals surface area contributed by atoms with Gasteiger partial charge >= 0.3 is 0 Å². The molecule has 0 fully saturated rings. The number of hydrogen-bond acceptors (Lipinski definition) is 5. The molecule has 0 aliphatic heterocycles. The fourth-order valence-corrected chi connectivity index (χ4v) is 5.67. The Bertz CT molecular complexity index is 917. The average Bonchev–Trinajstić information content (AvgIpc) is 2.60. The van der Waals surface area contributed by atoms with Crippen LogP contribution in [0.25, 0.3) is 0 Å². The highest BCUT2D eigenvalue weighted by Crippen LogP contribution is 2.45. The van der Waals surface area contributed by atoms with Crippen LogP contribution in [0.4, 0.5) is 4.79 Å². The van der Waals surface area contributed by atoms with Crippen molar-refractivity contribution < 1.29 is 15.0 Å². The molecular weight excluding hydrogens is 460 g/mol.